The Morgan fingerprint density at radius 3 is 2.75 bits per heavy atom. The highest BCUT2D eigenvalue weighted by Crippen LogP contribution is 2.16. The zero-order chi connectivity index (χ0) is 17.1. The Hall–Kier alpha value is -3.16. The molecule has 2 aromatic heterocycles. The maximum absolute atomic E-state index is 13.2. The first-order valence-electron chi connectivity index (χ1n) is 7.49. The number of rotatable bonds is 4. The summed E-state index contributed by atoms with van der Waals surface area (Å²) < 4.78 is 14.7. The van der Waals surface area contributed by atoms with E-state index in [0.717, 1.165) is 23.4 Å². The molecule has 0 aliphatic heterocycles. The average molecular weight is 328 g/mol. The number of hydrogen-bond acceptors (Lipinski definition) is 3. The standard InChI is InChI=1S/C16H17FN6O/c1-3-12-9-15(21-20-12)19-16(24)18-14-6-7-23(22-14)13-5-4-11(17)8-10(13)2/h4-9H,3H2,1-2H3,(H3,18,19,20,21,22,24). The van der Waals surface area contributed by atoms with E-state index >= 15 is 0 Å². The SMILES string of the molecule is CCc1cc(NC(=O)Nc2ccn(-c3ccc(F)cc3C)n2)n[nH]1. The lowest BCUT2D eigenvalue weighted by Crippen LogP contribution is -2.20. The molecule has 0 saturated heterocycles. The van der Waals surface area contributed by atoms with Gasteiger partial charge in [-0.15, -0.1) is 5.10 Å². The number of aromatic nitrogens is 4. The number of nitrogens with zero attached hydrogens (tertiary/aromatic N) is 3. The normalized spacial score (nSPS) is 10.6. The van der Waals surface area contributed by atoms with Gasteiger partial charge in [0.15, 0.2) is 11.6 Å². The third-order valence-electron chi connectivity index (χ3n) is 3.49. The van der Waals surface area contributed by atoms with Crippen molar-refractivity contribution in [3.63, 3.8) is 0 Å². The molecule has 7 nitrogen and oxygen atoms in total. The summed E-state index contributed by atoms with van der Waals surface area (Å²) >= 11 is 0. The van der Waals surface area contributed by atoms with Crippen LogP contribution < -0.4 is 10.6 Å². The smallest absolute Gasteiger partial charge is 0.291 e. The van der Waals surface area contributed by atoms with Gasteiger partial charge in [-0.2, -0.15) is 5.10 Å². The topological polar surface area (TPSA) is 87.6 Å². The number of halogens is 1. The molecule has 0 atom stereocenters. The Bertz CT molecular complexity index is 869. The molecule has 0 spiro atoms. The molecule has 0 unspecified atom stereocenters. The van der Waals surface area contributed by atoms with Gasteiger partial charge in [0.1, 0.15) is 5.82 Å². The van der Waals surface area contributed by atoms with E-state index in [4.69, 9.17) is 0 Å². The van der Waals surface area contributed by atoms with Crippen LogP contribution in [-0.4, -0.2) is 26.0 Å². The molecule has 2 amide bonds. The minimum absolute atomic E-state index is 0.299. The van der Waals surface area contributed by atoms with Gasteiger partial charge >= 0.3 is 6.03 Å². The van der Waals surface area contributed by atoms with Gasteiger partial charge in [0.25, 0.3) is 0 Å². The number of urea groups is 1. The molecular weight excluding hydrogens is 311 g/mol. The van der Waals surface area contributed by atoms with Crippen LogP contribution >= 0.6 is 0 Å². The van der Waals surface area contributed by atoms with Crippen molar-refractivity contribution in [2.24, 2.45) is 0 Å². The van der Waals surface area contributed by atoms with E-state index in [2.05, 4.69) is 25.9 Å². The number of aromatic amines is 1. The summed E-state index contributed by atoms with van der Waals surface area (Å²) in [5.41, 5.74) is 2.42. The highest BCUT2D eigenvalue weighted by molar-refractivity contribution is 5.98. The molecule has 3 N–H and O–H groups in total. The maximum atomic E-state index is 13.2. The van der Waals surface area contributed by atoms with Crippen LogP contribution in [0, 0.1) is 12.7 Å². The minimum atomic E-state index is -0.440. The van der Waals surface area contributed by atoms with Gasteiger partial charge in [-0.05, 0) is 37.1 Å². The van der Waals surface area contributed by atoms with Crippen molar-refractivity contribution in [2.75, 3.05) is 10.6 Å². The molecule has 0 bridgehead atoms. The first kappa shape index (κ1) is 15.7. The summed E-state index contributed by atoms with van der Waals surface area (Å²) in [5, 5.41) is 16.3. The lowest BCUT2D eigenvalue weighted by atomic mass is 10.2. The largest absolute Gasteiger partial charge is 0.326 e. The molecule has 24 heavy (non-hydrogen) atoms. The molecule has 124 valence electrons. The summed E-state index contributed by atoms with van der Waals surface area (Å²) in [7, 11) is 0. The molecule has 0 saturated carbocycles. The summed E-state index contributed by atoms with van der Waals surface area (Å²) in [6, 6.07) is 7.42. The quantitative estimate of drug-likeness (QED) is 0.687. The monoisotopic (exact) mass is 328 g/mol. The molecule has 0 aliphatic carbocycles. The number of carbonyl (C=O) groups is 1. The van der Waals surface area contributed by atoms with Gasteiger partial charge < -0.3 is 0 Å². The third kappa shape index (κ3) is 3.43. The van der Waals surface area contributed by atoms with Crippen molar-refractivity contribution >= 4 is 17.7 Å². The van der Waals surface area contributed by atoms with Crippen LogP contribution in [0.1, 0.15) is 18.2 Å². The van der Waals surface area contributed by atoms with Crippen LogP contribution in [-0.2, 0) is 6.42 Å². The number of hydrogen-bond donors (Lipinski definition) is 3. The second-order valence-corrected chi connectivity index (χ2v) is 5.29. The van der Waals surface area contributed by atoms with Gasteiger partial charge in [-0.3, -0.25) is 15.7 Å². The van der Waals surface area contributed by atoms with E-state index in [-0.39, 0.29) is 5.82 Å². The number of anilines is 2. The summed E-state index contributed by atoms with van der Waals surface area (Å²) in [4.78, 5) is 12.0. The second kappa shape index (κ2) is 6.53. The first-order chi connectivity index (χ1) is 11.5. The zero-order valence-corrected chi connectivity index (χ0v) is 13.3. The van der Waals surface area contributed by atoms with Crippen molar-refractivity contribution < 1.29 is 9.18 Å². The zero-order valence-electron chi connectivity index (χ0n) is 13.3. The Morgan fingerprint density at radius 2 is 2.04 bits per heavy atom. The number of H-pyrrole nitrogens is 1. The Kier molecular flexibility index (Phi) is 4.28. The number of benzene rings is 1. The van der Waals surface area contributed by atoms with Crippen LogP contribution in [0.15, 0.2) is 36.5 Å². The van der Waals surface area contributed by atoms with Gasteiger partial charge in [-0.25, -0.2) is 13.9 Å². The van der Waals surface area contributed by atoms with E-state index in [1.165, 1.54) is 12.1 Å². The molecule has 0 radical (unpaired) electrons. The molecule has 8 heteroatoms. The lowest BCUT2D eigenvalue weighted by molar-refractivity contribution is 0.262. The predicted molar refractivity (Wildman–Crippen MR) is 88.9 cm³/mol. The van der Waals surface area contributed by atoms with E-state index in [1.807, 2.05) is 6.92 Å². The third-order valence-corrected chi connectivity index (χ3v) is 3.49. The summed E-state index contributed by atoms with van der Waals surface area (Å²) in [5.74, 6) is 0.521. The lowest BCUT2D eigenvalue weighted by Gasteiger charge is -2.06. The fraction of sp³-hybridized carbons (Fsp3) is 0.188. The molecule has 3 aromatic rings. The van der Waals surface area contributed by atoms with Crippen LogP contribution in [0.2, 0.25) is 0 Å². The fourth-order valence-corrected chi connectivity index (χ4v) is 2.27. The molecule has 0 aliphatic rings. The van der Waals surface area contributed by atoms with Crippen molar-refractivity contribution in [3.8, 4) is 5.69 Å². The number of aryl methyl sites for hydroxylation is 2. The Balaban J connectivity index is 1.68. The van der Waals surface area contributed by atoms with Crippen molar-refractivity contribution in [1.82, 2.24) is 20.0 Å². The van der Waals surface area contributed by atoms with E-state index in [1.54, 1.807) is 36.0 Å². The van der Waals surface area contributed by atoms with E-state index in [0.29, 0.717) is 11.6 Å². The van der Waals surface area contributed by atoms with Gasteiger partial charge in [0.05, 0.1) is 5.69 Å². The second-order valence-electron chi connectivity index (χ2n) is 5.29. The number of nitrogens with one attached hydrogen (secondary N) is 3. The van der Waals surface area contributed by atoms with Gasteiger partial charge in [-0.1, -0.05) is 6.92 Å². The van der Waals surface area contributed by atoms with E-state index < -0.39 is 6.03 Å². The summed E-state index contributed by atoms with van der Waals surface area (Å²) in [6.07, 6.45) is 2.50. The first-order valence-corrected chi connectivity index (χ1v) is 7.49. The van der Waals surface area contributed by atoms with E-state index in [9.17, 15) is 9.18 Å². The molecular formula is C16H17FN6O. The fourth-order valence-electron chi connectivity index (χ4n) is 2.27. The highest BCUT2D eigenvalue weighted by Gasteiger charge is 2.09. The summed E-state index contributed by atoms with van der Waals surface area (Å²) in [6.45, 7) is 3.78. The van der Waals surface area contributed by atoms with Crippen LogP contribution in [0.3, 0.4) is 0 Å². The number of amides is 2. The molecule has 2 heterocycles. The molecule has 3 rings (SSSR count). The maximum Gasteiger partial charge on any atom is 0.326 e. The average Bonchev–Trinajstić information content (AvgIpc) is 3.16. The van der Waals surface area contributed by atoms with Crippen LogP contribution in [0.4, 0.5) is 20.8 Å². The van der Waals surface area contributed by atoms with Crippen LogP contribution in [0.5, 0.6) is 0 Å². The van der Waals surface area contributed by atoms with Gasteiger partial charge in [0, 0.05) is 24.0 Å². The van der Waals surface area contributed by atoms with Crippen molar-refractivity contribution in [1.29, 1.82) is 0 Å². The Labute approximate surface area is 137 Å². The predicted octanol–water partition coefficient (Wildman–Crippen LogP) is 3.25. The number of carbonyl (C=O) groups excluding carboxylic acids is 1. The van der Waals surface area contributed by atoms with Crippen LogP contribution in [0.25, 0.3) is 5.69 Å². The Morgan fingerprint density at radius 1 is 1.25 bits per heavy atom. The molecule has 0 fully saturated rings. The van der Waals surface area contributed by atoms with Crippen molar-refractivity contribution in [3.05, 3.63) is 53.6 Å². The minimum Gasteiger partial charge on any atom is -0.291 e. The highest BCUT2D eigenvalue weighted by atomic mass is 19.1. The molecule has 1 aromatic carbocycles. The van der Waals surface area contributed by atoms with Gasteiger partial charge in [0.2, 0.25) is 0 Å². The van der Waals surface area contributed by atoms with Crippen molar-refractivity contribution in [2.45, 2.75) is 20.3 Å².